The number of likely N-dealkylation sites (N-methyl/N-ethyl adjacent to an activating group) is 1. The second kappa shape index (κ2) is 5.12. The highest BCUT2D eigenvalue weighted by Gasteiger charge is 2.25. The molecule has 1 aromatic rings. The van der Waals surface area contributed by atoms with Gasteiger partial charge in [0.2, 0.25) is 5.91 Å². The number of likely N-dealkylation sites (tertiary alicyclic amines) is 1. The van der Waals surface area contributed by atoms with Crippen molar-refractivity contribution >= 4 is 5.91 Å². The van der Waals surface area contributed by atoms with Gasteiger partial charge in [0.05, 0.1) is 18.3 Å². The summed E-state index contributed by atoms with van der Waals surface area (Å²) >= 11 is 0. The van der Waals surface area contributed by atoms with Gasteiger partial charge in [-0.25, -0.2) is 4.98 Å². The van der Waals surface area contributed by atoms with E-state index < -0.39 is 0 Å². The highest BCUT2D eigenvalue weighted by molar-refractivity contribution is 5.82. The van der Waals surface area contributed by atoms with Crippen LogP contribution in [0.4, 0.5) is 0 Å². The first kappa shape index (κ1) is 11.1. The minimum atomic E-state index is -0.0469. The minimum Gasteiger partial charge on any atom is -0.451 e. The second-order valence-corrected chi connectivity index (χ2v) is 4.08. The predicted octanol–water partition coefficient (Wildman–Crippen LogP) is 0.775. The smallest absolute Gasteiger partial charge is 0.240 e. The number of nitrogens with one attached hydrogen (secondary N) is 1. The number of nitrogens with zero attached hydrogens (tertiary/aromatic N) is 2. The molecule has 16 heavy (non-hydrogen) atoms. The number of oxazole rings is 1. The van der Waals surface area contributed by atoms with Crippen molar-refractivity contribution in [2.75, 3.05) is 13.6 Å². The monoisotopic (exact) mass is 223 g/mol. The number of carbonyl (C=O) groups is 1. The average Bonchev–Trinajstić information content (AvgIpc) is 2.73. The largest absolute Gasteiger partial charge is 0.451 e. The Morgan fingerprint density at radius 2 is 2.50 bits per heavy atom. The first-order valence-corrected chi connectivity index (χ1v) is 5.64. The number of hydrogen-bond acceptors (Lipinski definition) is 4. The molecule has 1 saturated heterocycles. The number of aromatic nitrogens is 1. The maximum Gasteiger partial charge on any atom is 0.240 e. The first-order chi connectivity index (χ1) is 7.81. The van der Waals surface area contributed by atoms with Crippen molar-refractivity contribution in [2.45, 2.75) is 31.8 Å². The summed E-state index contributed by atoms with van der Waals surface area (Å²) < 4.78 is 4.91. The molecule has 0 bridgehead atoms. The van der Waals surface area contributed by atoms with E-state index in [0.717, 1.165) is 31.5 Å². The quantitative estimate of drug-likeness (QED) is 0.822. The number of amides is 1. The zero-order valence-electron chi connectivity index (χ0n) is 9.48. The van der Waals surface area contributed by atoms with Crippen molar-refractivity contribution < 1.29 is 9.21 Å². The van der Waals surface area contributed by atoms with Gasteiger partial charge in [-0.05, 0) is 26.3 Å². The Hall–Kier alpha value is -1.36. The molecule has 2 rings (SSSR count). The summed E-state index contributed by atoms with van der Waals surface area (Å²) in [6.07, 6.45) is 6.05. The van der Waals surface area contributed by atoms with E-state index in [2.05, 4.69) is 10.3 Å². The molecule has 1 N–H and O–H groups in total. The summed E-state index contributed by atoms with van der Waals surface area (Å²) in [6, 6.07) is -0.0469. The van der Waals surface area contributed by atoms with E-state index >= 15 is 0 Å². The van der Waals surface area contributed by atoms with Crippen molar-refractivity contribution in [2.24, 2.45) is 0 Å². The lowest BCUT2D eigenvalue weighted by atomic mass is 10.1. The van der Waals surface area contributed by atoms with Crippen LogP contribution in [0.5, 0.6) is 0 Å². The lowest BCUT2D eigenvalue weighted by molar-refractivity contribution is -0.133. The molecule has 1 aromatic heterocycles. The Morgan fingerprint density at radius 3 is 3.19 bits per heavy atom. The van der Waals surface area contributed by atoms with Crippen molar-refractivity contribution in [3.63, 3.8) is 0 Å². The lowest BCUT2D eigenvalue weighted by Gasteiger charge is -2.22. The number of hydrogen-bond donors (Lipinski definition) is 1. The van der Waals surface area contributed by atoms with Gasteiger partial charge in [-0.1, -0.05) is 0 Å². The van der Waals surface area contributed by atoms with Crippen LogP contribution in [0.25, 0.3) is 0 Å². The van der Waals surface area contributed by atoms with Crippen LogP contribution >= 0.6 is 0 Å². The van der Waals surface area contributed by atoms with Crippen LogP contribution in [0.15, 0.2) is 17.1 Å². The fraction of sp³-hybridized carbons (Fsp3) is 0.636. The van der Waals surface area contributed by atoms with Crippen LogP contribution in [-0.4, -0.2) is 35.4 Å². The molecule has 0 aliphatic carbocycles. The van der Waals surface area contributed by atoms with Gasteiger partial charge in [-0.3, -0.25) is 4.79 Å². The third-order valence-electron chi connectivity index (χ3n) is 2.97. The van der Waals surface area contributed by atoms with E-state index in [0.29, 0.717) is 6.54 Å². The first-order valence-electron chi connectivity index (χ1n) is 5.64. The summed E-state index contributed by atoms with van der Waals surface area (Å²) in [6.45, 7) is 1.36. The molecule has 0 saturated carbocycles. The minimum absolute atomic E-state index is 0.0469. The Bertz CT molecular complexity index is 337. The van der Waals surface area contributed by atoms with Gasteiger partial charge in [-0.2, -0.15) is 0 Å². The van der Waals surface area contributed by atoms with Crippen LogP contribution in [0.1, 0.15) is 25.0 Å². The Labute approximate surface area is 94.8 Å². The molecule has 0 spiro atoms. The van der Waals surface area contributed by atoms with Crippen LogP contribution < -0.4 is 5.32 Å². The topological polar surface area (TPSA) is 58.4 Å². The molecule has 1 amide bonds. The summed E-state index contributed by atoms with van der Waals surface area (Å²) in [7, 11) is 1.84. The summed E-state index contributed by atoms with van der Waals surface area (Å²) in [4.78, 5) is 18.0. The fourth-order valence-electron chi connectivity index (χ4n) is 2.04. The molecular weight excluding hydrogens is 206 g/mol. The van der Waals surface area contributed by atoms with Crippen molar-refractivity contribution in [1.29, 1.82) is 0 Å². The third-order valence-corrected chi connectivity index (χ3v) is 2.97. The number of carbonyl (C=O) groups excluding carboxylic acids is 1. The molecule has 1 fully saturated rings. The Morgan fingerprint density at radius 1 is 1.62 bits per heavy atom. The molecule has 5 heteroatoms. The summed E-state index contributed by atoms with van der Waals surface area (Å²) in [5.74, 6) is 0.169. The van der Waals surface area contributed by atoms with Gasteiger partial charge in [-0.15, -0.1) is 0 Å². The van der Waals surface area contributed by atoms with Crippen molar-refractivity contribution in [3.05, 3.63) is 18.4 Å². The molecular formula is C11H17N3O2. The third kappa shape index (κ3) is 2.41. The van der Waals surface area contributed by atoms with Gasteiger partial charge >= 0.3 is 0 Å². The van der Waals surface area contributed by atoms with Gasteiger partial charge in [0.1, 0.15) is 6.26 Å². The molecule has 0 aromatic carbocycles. The van der Waals surface area contributed by atoms with Crippen molar-refractivity contribution in [1.82, 2.24) is 15.2 Å². The van der Waals surface area contributed by atoms with Gasteiger partial charge in [0, 0.05) is 6.54 Å². The Kier molecular flexibility index (Phi) is 3.56. The SMILES string of the molecule is CNC1CCCCN(Cc2cocn2)C1=O. The number of rotatable bonds is 3. The highest BCUT2D eigenvalue weighted by atomic mass is 16.3. The lowest BCUT2D eigenvalue weighted by Crippen LogP contribution is -2.43. The predicted molar refractivity (Wildman–Crippen MR) is 58.6 cm³/mol. The van der Waals surface area contributed by atoms with Crippen LogP contribution in [-0.2, 0) is 11.3 Å². The van der Waals surface area contributed by atoms with E-state index in [9.17, 15) is 4.79 Å². The van der Waals surface area contributed by atoms with E-state index in [-0.39, 0.29) is 11.9 Å². The average molecular weight is 223 g/mol. The standard InChI is InChI=1S/C11H17N3O2/c1-12-10-4-2-3-5-14(11(10)15)6-9-7-16-8-13-9/h7-8,10,12H,2-6H2,1H3. The molecule has 1 aliphatic rings. The fourth-order valence-corrected chi connectivity index (χ4v) is 2.04. The van der Waals surface area contributed by atoms with E-state index in [4.69, 9.17) is 4.42 Å². The zero-order valence-corrected chi connectivity index (χ0v) is 9.48. The molecule has 1 atom stereocenters. The summed E-state index contributed by atoms with van der Waals surface area (Å²) in [5, 5.41) is 3.07. The molecule has 0 radical (unpaired) electrons. The maximum atomic E-state index is 12.1. The van der Waals surface area contributed by atoms with Crippen LogP contribution in [0, 0.1) is 0 Å². The molecule has 88 valence electrons. The summed E-state index contributed by atoms with van der Waals surface area (Å²) in [5.41, 5.74) is 0.810. The molecule has 2 heterocycles. The van der Waals surface area contributed by atoms with Gasteiger partial charge in [0.15, 0.2) is 6.39 Å². The molecule has 1 unspecified atom stereocenters. The zero-order chi connectivity index (χ0) is 11.4. The molecule has 1 aliphatic heterocycles. The van der Waals surface area contributed by atoms with Crippen LogP contribution in [0.2, 0.25) is 0 Å². The van der Waals surface area contributed by atoms with Crippen LogP contribution in [0.3, 0.4) is 0 Å². The van der Waals surface area contributed by atoms with E-state index in [1.807, 2.05) is 11.9 Å². The van der Waals surface area contributed by atoms with E-state index in [1.54, 1.807) is 6.26 Å². The Balaban J connectivity index is 2.04. The van der Waals surface area contributed by atoms with E-state index in [1.165, 1.54) is 6.39 Å². The normalized spacial score (nSPS) is 22.2. The van der Waals surface area contributed by atoms with Crippen molar-refractivity contribution in [3.8, 4) is 0 Å². The van der Waals surface area contributed by atoms with Gasteiger partial charge in [0.25, 0.3) is 0 Å². The maximum absolute atomic E-state index is 12.1. The second-order valence-electron chi connectivity index (χ2n) is 4.08. The molecule has 5 nitrogen and oxygen atoms in total. The highest BCUT2D eigenvalue weighted by Crippen LogP contribution is 2.14. The van der Waals surface area contributed by atoms with Gasteiger partial charge < -0.3 is 14.6 Å².